The number of nitrogens with one attached hydrogen (secondary N) is 2. The fourth-order valence-electron chi connectivity index (χ4n) is 1.95. The van der Waals surface area contributed by atoms with E-state index in [-0.39, 0.29) is 5.91 Å². The van der Waals surface area contributed by atoms with Crippen LogP contribution in [-0.2, 0) is 11.2 Å². The zero-order chi connectivity index (χ0) is 16.2. The van der Waals surface area contributed by atoms with Gasteiger partial charge >= 0.3 is 0 Å². The summed E-state index contributed by atoms with van der Waals surface area (Å²) < 4.78 is 0. The van der Waals surface area contributed by atoms with E-state index in [2.05, 4.69) is 28.6 Å². The maximum atomic E-state index is 11.9. The lowest BCUT2D eigenvalue weighted by Crippen LogP contribution is -2.27. The van der Waals surface area contributed by atoms with Gasteiger partial charge in [0.1, 0.15) is 5.82 Å². The molecule has 1 amide bonds. The highest BCUT2D eigenvalue weighted by molar-refractivity contribution is 5.94. The van der Waals surface area contributed by atoms with Crippen LogP contribution >= 0.6 is 0 Å². The van der Waals surface area contributed by atoms with Crippen molar-refractivity contribution in [2.45, 2.75) is 34.1 Å². The Labute approximate surface area is 132 Å². The van der Waals surface area contributed by atoms with Crippen molar-refractivity contribution in [2.24, 2.45) is 5.41 Å². The number of benzene rings is 1. The lowest BCUT2D eigenvalue weighted by atomic mass is 9.96. The third-order valence-electron chi connectivity index (χ3n) is 3.36. The fourth-order valence-corrected chi connectivity index (χ4v) is 1.95. The van der Waals surface area contributed by atoms with Crippen molar-refractivity contribution in [2.75, 3.05) is 10.6 Å². The second kappa shape index (κ2) is 6.60. The topological polar surface area (TPSA) is 54.0 Å². The Morgan fingerprint density at radius 2 is 1.86 bits per heavy atom. The zero-order valence-electron chi connectivity index (χ0n) is 13.6. The number of nitrogens with zero attached hydrogens (tertiary/aromatic N) is 1. The lowest BCUT2D eigenvalue weighted by molar-refractivity contribution is -0.123. The molecule has 0 aliphatic heterocycles. The highest BCUT2D eigenvalue weighted by Crippen LogP contribution is 2.21. The van der Waals surface area contributed by atoms with Crippen LogP contribution in [0.5, 0.6) is 0 Å². The van der Waals surface area contributed by atoms with Gasteiger partial charge < -0.3 is 10.6 Å². The molecule has 2 N–H and O–H groups in total. The van der Waals surface area contributed by atoms with Gasteiger partial charge in [0.05, 0.1) is 11.9 Å². The van der Waals surface area contributed by atoms with E-state index in [1.807, 2.05) is 51.1 Å². The third kappa shape index (κ3) is 4.07. The molecule has 2 rings (SSSR count). The van der Waals surface area contributed by atoms with Crippen LogP contribution in [0.2, 0.25) is 0 Å². The Morgan fingerprint density at radius 1 is 1.14 bits per heavy atom. The summed E-state index contributed by atoms with van der Waals surface area (Å²) in [5.74, 6) is 0.737. The van der Waals surface area contributed by atoms with Crippen LogP contribution in [-0.4, -0.2) is 10.9 Å². The van der Waals surface area contributed by atoms with Gasteiger partial charge in [-0.05, 0) is 30.2 Å². The second-order valence-corrected chi connectivity index (χ2v) is 6.27. The molecule has 0 aliphatic rings. The maximum absolute atomic E-state index is 11.9. The number of amides is 1. The molecule has 2 aromatic rings. The van der Waals surface area contributed by atoms with Crippen LogP contribution < -0.4 is 10.6 Å². The molecular weight excluding hydrogens is 274 g/mol. The number of pyridine rings is 1. The summed E-state index contributed by atoms with van der Waals surface area (Å²) in [7, 11) is 0. The molecule has 0 bridgehead atoms. The number of carbonyl (C=O) groups excluding carboxylic acids is 1. The quantitative estimate of drug-likeness (QED) is 0.881. The van der Waals surface area contributed by atoms with Crippen LogP contribution in [0.3, 0.4) is 0 Å². The molecule has 0 saturated carbocycles. The molecule has 0 unspecified atom stereocenters. The highest BCUT2D eigenvalue weighted by atomic mass is 16.2. The number of aromatic nitrogens is 1. The molecule has 0 aliphatic carbocycles. The minimum atomic E-state index is -0.420. The SMILES string of the molecule is CCc1ccccc1Nc1ccc(NC(=O)C(C)(C)C)cn1. The zero-order valence-corrected chi connectivity index (χ0v) is 13.6. The Balaban J connectivity index is 2.08. The van der Waals surface area contributed by atoms with E-state index >= 15 is 0 Å². The number of hydrogen-bond donors (Lipinski definition) is 2. The average Bonchev–Trinajstić information content (AvgIpc) is 2.49. The summed E-state index contributed by atoms with van der Waals surface area (Å²) in [6.07, 6.45) is 2.63. The van der Waals surface area contributed by atoms with Gasteiger partial charge in [0, 0.05) is 11.1 Å². The average molecular weight is 297 g/mol. The van der Waals surface area contributed by atoms with E-state index in [0.717, 1.165) is 17.9 Å². The Kier molecular flexibility index (Phi) is 4.81. The summed E-state index contributed by atoms with van der Waals surface area (Å²) in [5.41, 5.74) is 2.59. The molecule has 0 fully saturated rings. The maximum Gasteiger partial charge on any atom is 0.229 e. The molecule has 0 saturated heterocycles. The van der Waals surface area contributed by atoms with Crippen molar-refractivity contribution in [3.05, 3.63) is 48.2 Å². The molecule has 0 spiro atoms. The van der Waals surface area contributed by atoms with Crippen LogP contribution in [0.15, 0.2) is 42.6 Å². The monoisotopic (exact) mass is 297 g/mol. The summed E-state index contributed by atoms with van der Waals surface area (Å²) in [4.78, 5) is 16.3. The number of aryl methyl sites for hydroxylation is 1. The fraction of sp³-hybridized carbons (Fsp3) is 0.333. The van der Waals surface area contributed by atoms with E-state index in [1.54, 1.807) is 6.20 Å². The van der Waals surface area contributed by atoms with Gasteiger partial charge in [-0.2, -0.15) is 0 Å². The molecule has 4 nitrogen and oxygen atoms in total. The number of rotatable bonds is 4. The summed E-state index contributed by atoms with van der Waals surface area (Å²) >= 11 is 0. The van der Waals surface area contributed by atoms with Gasteiger partial charge in [-0.1, -0.05) is 45.9 Å². The van der Waals surface area contributed by atoms with E-state index in [9.17, 15) is 4.79 Å². The molecule has 4 heteroatoms. The number of hydrogen-bond acceptors (Lipinski definition) is 3. The van der Waals surface area contributed by atoms with Gasteiger partial charge in [-0.25, -0.2) is 4.98 Å². The van der Waals surface area contributed by atoms with Crippen molar-refractivity contribution < 1.29 is 4.79 Å². The number of para-hydroxylation sites is 1. The minimum absolute atomic E-state index is 0.0219. The van der Waals surface area contributed by atoms with Crippen molar-refractivity contribution in [1.82, 2.24) is 4.98 Å². The summed E-state index contributed by atoms with van der Waals surface area (Å²) in [6, 6.07) is 11.9. The molecule has 1 aromatic carbocycles. The number of carbonyl (C=O) groups is 1. The first-order chi connectivity index (χ1) is 10.4. The molecule has 22 heavy (non-hydrogen) atoms. The minimum Gasteiger partial charge on any atom is -0.340 e. The van der Waals surface area contributed by atoms with Crippen molar-refractivity contribution in [3.8, 4) is 0 Å². The van der Waals surface area contributed by atoms with Crippen LogP contribution in [0.1, 0.15) is 33.3 Å². The molecule has 1 heterocycles. The molecule has 1 aromatic heterocycles. The van der Waals surface area contributed by atoms with Gasteiger partial charge in [0.2, 0.25) is 5.91 Å². The standard InChI is InChI=1S/C18H23N3O/c1-5-13-8-6-7-9-15(13)21-16-11-10-14(12-19-16)20-17(22)18(2,3)4/h6-12H,5H2,1-4H3,(H,19,21)(H,20,22). The smallest absolute Gasteiger partial charge is 0.229 e. The van der Waals surface area contributed by atoms with Gasteiger partial charge in [-0.15, -0.1) is 0 Å². The van der Waals surface area contributed by atoms with Gasteiger partial charge in [0.25, 0.3) is 0 Å². The van der Waals surface area contributed by atoms with Crippen molar-refractivity contribution in [1.29, 1.82) is 0 Å². The molecule has 116 valence electrons. The molecule has 0 atom stereocenters. The van der Waals surface area contributed by atoms with Gasteiger partial charge in [0.15, 0.2) is 0 Å². The first-order valence-corrected chi connectivity index (χ1v) is 7.52. The van der Waals surface area contributed by atoms with E-state index in [4.69, 9.17) is 0 Å². The third-order valence-corrected chi connectivity index (χ3v) is 3.36. The Bertz CT molecular complexity index is 642. The second-order valence-electron chi connectivity index (χ2n) is 6.27. The molecule has 0 radical (unpaired) electrons. The lowest BCUT2D eigenvalue weighted by Gasteiger charge is -2.17. The van der Waals surface area contributed by atoms with Crippen LogP contribution in [0.25, 0.3) is 0 Å². The van der Waals surface area contributed by atoms with E-state index < -0.39 is 5.41 Å². The number of anilines is 3. The van der Waals surface area contributed by atoms with E-state index in [0.29, 0.717) is 5.69 Å². The van der Waals surface area contributed by atoms with E-state index in [1.165, 1.54) is 5.56 Å². The van der Waals surface area contributed by atoms with Crippen LogP contribution in [0, 0.1) is 5.41 Å². The predicted molar refractivity (Wildman–Crippen MR) is 91.4 cm³/mol. The predicted octanol–water partition coefficient (Wildman–Crippen LogP) is 4.37. The first kappa shape index (κ1) is 16.0. The summed E-state index contributed by atoms with van der Waals surface area (Å²) in [6.45, 7) is 7.77. The van der Waals surface area contributed by atoms with Crippen LogP contribution in [0.4, 0.5) is 17.2 Å². The Hall–Kier alpha value is -2.36. The van der Waals surface area contributed by atoms with Gasteiger partial charge in [-0.3, -0.25) is 4.79 Å². The first-order valence-electron chi connectivity index (χ1n) is 7.52. The molecular formula is C18H23N3O. The van der Waals surface area contributed by atoms with Crippen molar-refractivity contribution in [3.63, 3.8) is 0 Å². The summed E-state index contributed by atoms with van der Waals surface area (Å²) in [5, 5.41) is 6.18. The Morgan fingerprint density at radius 3 is 2.45 bits per heavy atom. The normalized spacial score (nSPS) is 11.1. The van der Waals surface area contributed by atoms with Crippen molar-refractivity contribution >= 4 is 23.1 Å². The largest absolute Gasteiger partial charge is 0.340 e. The highest BCUT2D eigenvalue weighted by Gasteiger charge is 2.21.